The van der Waals surface area contributed by atoms with Crippen LogP contribution in [0.3, 0.4) is 0 Å². The smallest absolute Gasteiger partial charge is 0.341 e. The molecule has 0 saturated heterocycles. The minimum atomic E-state index is -0.525. The molecular formula is C13H16O5. The third kappa shape index (κ3) is 3.23. The highest BCUT2D eigenvalue weighted by Gasteiger charge is 2.22. The third-order valence-electron chi connectivity index (χ3n) is 2.51. The van der Waals surface area contributed by atoms with Crippen LogP contribution in [0.4, 0.5) is 0 Å². The van der Waals surface area contributed by atoms with Crippen molar-refractivity contribution in [3.63, 3.8) is 0 Å². The Morgan fingerprint density at radius 3 is 2.67 bits per heavy atom. The number of hydrogen-bond acceptors (Lipinski definition) is 5. The molecule has 0 atom stereocenters. The summed E-state index contributed by atoms with van der Waals surface area (Å²) in [6.07, 6.45) is 4.31. The molecule has 98 valence electrons. The highest BCUT2D eigenvalue weighted by molar-refractivity contribution is 5.92. The highest BCUT2D eigenvalue weighted by Crippen LogP contribution is 2.21. The van der Waals surface area contributed by atoms with Crippen LogP contribution in [0.2, 0.25) is 0 Å². The Morgan fingerprint density at radius 2 is 2.11 bits per heavy atom. The zero-order valence-electron chi connectivity index (χ0n) is 10.5. The van der Waals surface area contributed by atoms with E-state index < -0.39 is 11.9 Å². The minimum Gasteiger partial charge on any atom is -0.469 e. The van der Waals surface area contributed by atoms with Gasteiger partial charge in [0.15, 0.2) is 0 Å². The van der Waals surface area contributed by atoms with Gasteiger partial charge in [-0.2, -0.15) is 0 Å². The Kier molecular flexibility index (Phi) is 5.17. The first-order valence-electron chi connectivity index (χ1n) is 5.49. The van der Waals surface area contributed by atoms with Crippen LogP contribution < -0.4 is 0 Å². The monoisotopic (exact) mass is 252 g/mol. The standard InChI is InChI=1S/C13H16O5/c1-4-5-6-11-9(7-12(14)16-2)10(8-18-11)13(15)17-3/h4,8H,1,5-7H2,2-3H3. The van der Waals surface area contributed by atoms with Gasteiger partial charge in [-0.25, -0.2) is 4.79 Å². The van der Waals surface area contributed by atoms with E-state index in [-0.39, 0.29) is 12.0 Å². The Labute approximate surface area is 105 Å². The van der Waals surface area contributed by atoms with Crippen molar-refractivity contribution in [3.8, 4) is 0 Å². The molecule has 0 bridgehead atoms. The number of esters is 2. The first-order chi connectivity index (χ1) is 8.63. The molecule has 1 heterocycles. The number of methoxy groups -OCH3 is 2. The van der Waals surface area contributed by atoms with Crippen LogP contribution in [0.25, 0.3) is 0 Å². The molecule has 0 radical (unpaired) electrons. The lowest BCUT2D eigenvalue weighted by atomic mass is 10.0. The van der Waals surface area contributed by atoms with E-state index in [2.05, 4.69) is 16.1 Å². The fourth-order valence-electron chi connectivity index (χ4n) is 1.56. The lowest BCUT2D eigenvalue weighted by molar-refractivity contribution is -0.139. The van der Waals surface area contributed by atoms with Gasteiger partial charge in [0.2, 0.25) is 0 Å². The Balaban J connectivity index is 3.03. The second-order valence-corrected chi connectivity index (χ2v) is 3.62. The summed E-state index contributed by atoms with van der Waals surface area (Å²) in [7, 11) is 2.57. The summed E-state index contributed by atoms with van der Waals surface area (Å²) in [5.74, 6) is -0.371. The van der Waals surface area contributed by atoms with Crippen molar-refractivity contribution in [1.82, 2.24) is 0 Å². The average Bonchev–Trinajstić information content (AvgIpc) is 2.78. The Bertz CT molecular complexity index is 444. The van der Waals surface area contributed by atoms with Crippen molar-refractivity contribution >= 4 is 11.9 Å². The van der Waals surface area contributed by atoms with Crippen LogP contribution in [0.1, 0.15) is 28.1 Å². The highest BCUT2D eigenvalue weighted by atomic mass is 16.5. The Hall–Kier alpha value is -2.04. The number of allylic oxidation sites excluding steroid dienone is 1. The molecule has 5 nitrogen and oxygen atoms in total. The summed E-state index contributed by atoms with van der Waals surface area (Å²) < 4.78 is 14.5. The zero-order chi connectivity index (χ0) is 13.5. The Morgan fingerprint density at radius 1 is 1.39 bits per heavy atom. The maximum absolute atomic E-state index is 11.5. The third-order valence-corrected chi connectivity index (χ3v) is 2.51. The summed E-state index contributed by atoms with van der Waals surface area (Å²) in [4.78, 5) is 22.9. The molecule has 0 amide bonds. The topological polar surface area (TPSA) is 65.7 Å². The lowest BCUT2D eigenvalue weighted by Gasteiger charge is -2.03. The molecule has 0 aliphatic carbocycles. The van der Waals surface area contributed by atoms with Crippen LogP contribution in [0.15, 0.2) is 23.3 Å². The van der Waals surface area contributed by atoms with Gasteiger partial charge in [0, 0.05) is 12.0 Å². The molecule has 0 aliphatic heterocycles. The molecular weight excluding hydrogens is 236 g/mol. The van der Waals surface area contributed by atoms with Crippen LogP contribution in [-0.2, 0) is 27.1 Å². The van der Waals surface area contributed by atoms with E-state index in [9.17, 15) is 9.59 Å². The van der Waals surface area contributed by atoms with E-state index in [0.717, 1.165) is 0 Å². The fourth-order valence-corrected chi connectivity index (χ4v) is 1.56. The number of carbonyl (C=O) groups is 2. The van der Waals surface area contributed by atoms with Crippen molar-refractivity contribution in [2.24, 2.45) is 0 Å². The summed E-state index contributed by atoms with van der Waals surface area (Å²) in [6.45, 7) is 3.62. The molecule has 0 aromatic carbocycles. The predicted molar refractivity (Wildman–Crippen MR) is 64.3 cm³/mol. The first-order valence-corrected chi connectivity index (χ1v) is 5.49. The van der Waals surface area contributed by atoms with Gasteiger partial charge < -0.3 is 13.9 Å². The second-order valence-electron chi connectivity index (χ2n) is 3.62. The van der Waals surface area contributed by atoms with E-state index in [1.807, 2.05) is 0 Å². The molecule has 0 saturated carbocycles. The maximum atomic E-state index is 11.5. The molecule has 0 spiro atoms. The fraction of sp³-hybridized carbons (Fsp3) is 0.385. The van der Waals surface area contributed by atoms with Gasteiger partial charge in [-0.05, 0) is 6.42 Å². The van der Waals surface area contributed by atoms with Gasteiger partial charge in [-0.1, -0.05) is 6.08 Å². The van der Waals surface area contributed by atoms with Crippen LogP contribution >= 0.6 is 0 Å². The molecule has 1 aromatic heterocycles. The van der Waals surface area contributed by atoms with Gasteiger partial charge in [0.25, 0.3) is 0 Å². The molecule has 0 fully saturated rings. The number of hydrogen-bond donors (Lipinski definition) is 0. The van der Waals surface area contributed by atoms with Gasteiger partial charge in [0.05, 0.1) is 20.6 Å². The summed E-state index contributed by atoms with van der Waals surface area (Å²) in [6, 6.07) is 0. The molecule has 18 heavy (non-hydrogen) atoms. The maximum Gasteiger partial charge on any atom is 0.341 e. The number of ether oxygens (including phenoxy) is 2. The summed E-state index contributed by atoms with van der Waals surface area (Å²) in [5.41, 5.74) is 0.789. The second kappa shape index (κ2) is 6.64. The van der Waals surface area contributed by atoms with E-state index in [1.54, 1.807) is 6.08 Å². The van der Waals surface area contributed by atoms with Crippen molar-refractivity contribution in [3.05, 3.63) is 35.8 Å². The van der Waals surface area contributed by atoms with Crippen molar-refractivity contribution in [2.75, 3.05) is 14.2 Å². The van der Waals surface area contributed by atoms with Crippen LogP contribution in [0.5, 0.6) is 0 Å². The van der Waals surface area contributed by atoms with Gasteiger partial charge in [0.1, 0.15) is 17.6 Å². The zero-order valence-corrected chi connectivity index (χ0v) is 10.5. The SMILES string of the molecule is C=CCCc1occ(C(=O)OC)c1CC(=O)OC. The van der Waals surface area contributed by atoms with Crippen molar-refractivity contribution in [2.45, 2.75) is 19.3 Å². The number of carbonyl (C=O) groups excluding carboxylic acids is 2. The number of furan rings is 1. The van der Waals surface area contributed by atoms with E-state index in [0.29, 0.717) is 24.2 Å². The van der Waals surface area contributed by atoms with Crippen molar-refractivity contribution < 1.29 is 23.5 Å². The quantitative estimate of drug-likeness (QED) is 0.571. The van der Waals surface area contributed by atoms with E-state index in [1.165, 1.54) is 20.5 Å². The number of rotatable bonds is 6. The van der Waals surface area contributed by atoms with Gasteiger partial charge in [-0.3, -0.25) is 4.79 Å². The largest absolute Gasteiger partial charge is 0.469 e. The molecule has 0 N–H and O–H groups in total. The van der Waals surface area contributed by atoms with Gasteiger partial charge >= 0.3 is 11.9 Å². The van der Waals surface area contributed by atoms with E-state index >= 15 is 0 Å². The molecule has 5 heteroatoms. The predicted octanol–water partition coefficient (Wildman–Crippen LogP) is 1.90. The first kappa shape index (κ1) is 14.0. The molecule has 1 aromatic rings. The summed E-state index contributed by atoms with van der Waals surface area (Å²) in [5, 5.41) is 0. The van der Waals surface area contributed by atoms with E-state index in [4.69, 9.17) is 4.42 Å². The average molecular weight is 252 g/mol. The van der Waals surface area contributed by atoms with Crippen LogP contribution in [-0.4, -0.2) is 26.2 Å². The minimum absolute atomic E-state index is 0.0100. The van der Waals surface area contributed by atoms with Gasteiger partial charge in [-0.15, -0.1) is 6.58 Å². The van der Waals surface area contributed by atoms with Crippen LogP contribution in [0, 0.1) is 0 Å². The molecule has 0 unspecified atom stereocenters. The normalized spacial score (nSPS) is 9.89. The number of aryl methyl sites for hydroxylation is 1. The summed E-state index contributed by atoms with van der Waals surface area (Å²) >= 11 is 0. The lowest BCUT2D eigenvalue weighted by Crippen LogP contribution is -2.10. The molecule has 0 aliphatic rings. The molecule has 1 rings (SSSR count). The van der Waals surface area contributed by atoms with Crippen molar-refractivity contribution in [1.29, 1.82) is 0 Å².